The monoisotopic (exact) mass is 331 g/mol. The molecule has 1 saturated heterocycles. The van der Waals surface area contributed by atoms with Crippen molar-refractivity contribution in [1.82, 2.24) is 24.7 Å². The molecule has 3 rings (SSSR count). The Hall–Kier alpha value is -2.02. The molecule has 1 aromatic heterocycles. The largest absolute Gasteiger partial charge is 0.339 e. The van der Waals surface area contributed by atoms with Crippen molar-refractivity contribution in [2.75, 3.05) is 45.8 Å². The lowest BCUT2D eigenvalue weighted by Crippen LogP contribution is -2.51. The summed E-state index contributed by atoms with van der Waals surface area (Å²) in [5.74, 6) is 0.596. The summed E-state index contributed by atoms with van der Waals surface area (Å²) in [6, 6.07) is 0. The molecule has 2 aliphatic rings. The smallest absolute Gasteiger partial charge is 0.257 e. The molecule has 2 amide bonds. The number of carbonyl (C=O) groups excluding carboxylic acids is 2. The summed E-state index contributed by atoms with van der Waals surface area (Å²) in [5, 5.41) is 0. The molecule has 0 radical (unpaired) electrons. The van der Waals surface area contributed by atoms with E-state index in [0.29, 0.717) is 17.9 Å². The molecule has 0 spiro atoms. The fraction of sp³-hybridized carbons (Fsp3) is 0.647. The van der Waals surface area contributed by atoms with Crippen molar-refractivity contribution >= 4 is 11.8 Å². The zero-order valence-corrected chi connectivity index (χ0v) is 14.5. The molecule has 1 aromatic rings. The average Bonchev–Trinajstić information content (AvgIpc) is 2.74. The van der Waals surface area contributed by atoms with Gasteiger partial charge >= 0.3 is 0 Å². The molecule has 2 aliphatic heterocycles. The molecule has 0 N–H and O–H groups in total. The standard InChI is InChI=1S/C17H25N5O2/c1-3-20-7-9-21(10-8-20)16(23)12-22-6-4-5-15-14(17(22)24)11-18-13(2)19-15/h11H,3-10,12H2,1-2H3. The lowest BCUT2D eigenvalue weighted by Gasteiger charge is -2.35. The van der Waals surface area contributed by atoms with Crippen molar-refractivity contribution in [2.24, 2.45) is 0 Å². The Labute approximate surface area is 142 Å². The van der Waals surface area contributed by atoms with E-state index in [1.807, 2.05) is 11.8 Å². The molecule has 1 fully saturated rings. The van der Waals surface area contributed by atoms with Crippen molar-refractivity contribution < 1.29 is 9.59 Å². The van der Waals surface area contributed by atoms with Crippen LogP contribution >= 0.6 is 0 Å². The van der Waals surface area contributed by atoms with Crippen LogP contribution in [0.3, 0.4) is 0 Å². The molecule has 7 heteroatoms. The van der Waals surface area contributed by atoms with E-state index >= 15 is 0 Å². The number of fused-ring (bicyclic) bond motifs is 1. The van der Waals surface area contributed by atoms with Crippen LogP contribution in [0, 0.1) is 6.92 Å². The van der Waals surface area contributed by atoms with Crippen LogP contribution < -0.4 is 0 Å². The van der Waals surface area contributed by atoms with Gasteiger partial charge in [0, 0.05) is 38.9 Å². The summed E-state index contributed by atoms with van der Waals surface area (Å²) in [7, 11) is 0. The second kappa shape index (κ2) is 7.25. The Morgan fingerprint density at radius 1 is 1.21 bits per heavy atom. The molecular formula is C17H25N5O2. The van der Waals surface area contributed by atoms with Gasteiger partial charge in [0.15, 0.2) is 0 Å². The maximum absolute atomic E-state index is 12.7. The van der Waals surface area contributed by atoms with Crippen LogP contribution in [0.1, 0.15) is 35.2 Å². The quantitative estimate of drug-likeness (QED) is 0.799. The van der Waals surface area contributed by atoms with E-state index in [4.69, 9.17) is 0 Å². The van der Waals surface area contributed by atoms with Crippen LogP contribution in [0.15, 0.2) is 6.20 Å². The number of likely N-dealkylation sites (N-methyl/N-ethyl adjacent to an activating group) is 1. The molecule has 3 heterocycles. The number of hydrogen-bond acceptors (Lipinski definition) is 5. The van der Waals surface area contributed by atoms with Crippen molar-refractivity contribution in [3.63, 3.8) is 0 Å². The van der Waals surface area contributed by atoms with Crippen molar-refractivity contribution in [1.29, 1.82) is 0 Å². The van der Waals surface area contributed by atoms with Gasteiger partial charge < -0.3 is 14.7 Å². The first-order chi connectivity index (χ1) is 11.6. The highest BCUT2D eigenvalue weighted by molar-refractivity contribution is 5.97. The Balaban J connectivity index is 1.66. The minimum atomic E-state index is -0.122. The van der Waals surface area contributed by atoms with Crippen LogP contribution in [-0.2, 0) is 11.2 Å². The van der Waals surface area contributed by atoms with Gasteiger partial charge in [0.2, 0.25) is 5.91 Å². The van der Waals surface area contributed by atoms with Crippen molar-refractivity contribution in [3.05, 3.63) is 23.3 Å². The van der Waals surface area contributed by atoms with Gasteiger partial charge in [-0.05, 0) is 26.3 Å². The van der Waals surface area contributed by atoms with Gasteiger partial charge in [-0.15, -0.1) is 0 Å². The molecule has 24 heavy (non-hydrogen) atoms. The molecule has 130 valence electrons. The van der Waals surface area contributed by atoms with Gasteiger partial charge in [0.1, 0.15) is 12.4 Å². The summed E-state index contributed by atoms with van der Waals surface area (Å²) in [4.78, 5) is 39.7. The number of aryl methyl sites for hydroxylation is 2. The van der Waals surface area contributed by atoms with E-state index in [1.165, 1.54) is 0 Å². The number of nitrogens with zero attached hydrogens (tertiary/aromatic N) is 5. The molecule has 0 saturated carbocycles. The van der Waals surface area contributed by atoms with Gasteiger partial charge in [0.05, 0.1) is 11.3 Å². The number of aromatic nitrogens is 2. The Morgan fingerprint density at radius 2 is 1.96 bits per heavy atom. The van der Waals surface area contributed by atoms with Crippen molar-refractivity contribution in [3.8, 4) is 0 Å². The number of amides is 2. The molecule has 7 nitrogen and oxygen atoms in total. The third-order valence-corrected chi connectivity index (χ3v) is 4.85. The third-order valence-electron chi connectivity index (χ3n) is 4.85. The Kier molecular flexibility index (Phi) is 5.08. The fourth-order valence-corrected chi connectivity index (χ4v) is 3.32. The molecule has 0 bridgehead atoms. The van der Waals surface area contributed by atoms with Gasteiger partial charge in [0.25, 0.3) is 5.91 Å². The number of hydrogen-bond donors (Lipinski definition) is 0. The van der Waals surface area contributed by atoms with Crippen LogP contribution in [0.4, 0.5) is 0 Å². The lowest BCUT2D eigenvalue weighted by molar-refractivity contribution is -0.133. The first-order valence-electron chi connectivity index (χ1n) is 8.70. The minimum absolute atomic E-state index is 0.0376. The van der Waals surface area contributed by atoms with E-state index in [2.05, 4.69) is 21.8 Å². The van der Waals surface area contributed by atoms with E-state index in [1.54, 1.807) is 11.1 Å². The highest BCUT2D eigenvalue weighted by Gasteiger charge is 2.28. The number of piperazine rings is 1. The maximum atomic E-state index is 12.7. The fourth-order valence-electron chi connectivity index (χ4n) is 3.32. The Bertz CT molecular complexity index is 625. The van der Waals surface area contributed by atoms with E-state index in [0.717, 1.165) is 51.3 Å². The van der Waals surface area contributed by atoms with E-state index in [9.17, 15) is 9.59 Å². The predicted octanol–water partition coefficient (Wildman–Crippen LogP) is 0.338. The topological polar surface area (TPSA) is 69.6 Å². The van der Waals surface area contributed by atoms with E-state index < -0.39 is 0 Å². The molecule has 0 atom stereocenters. The van der Waals surface area contributed by atoms with Crippen LogP contribution in [0.2, 0.25) is 0 Å². The molecular weight excluding hydrogens is 306 g/mol. The molecule has 0 aliphatic carbocycles. The summed E-state index contributed by atoms with van der Waals surface area (Å²) in [5.41, 5.74) is 1.35. The first-order valence-corrected chi connectivity index (χ1v) is 8.70. The first kappa shape index (κ1) is 16.8. The number of rotatable bonds is 3. The van der Waals surface area contributed by atoms with E-state index in [-0.39, 0.29) is 18.4 Å². The van der Waals surface area contributed by atoms with Crippen molar-refractivity contribution in [2.45, 2.75) is 26.7 Å². The highest BCUT2D eigenvalue weighted by atomic mass is 16.2. The third kappa shape index (κ3) is 3.56. The van der Waals surface area contributed by atoms with Gasteiger partial charge in [-0.2, -0.15) is 0 Å². The maximum Gasteiger partial charge on any atom is 0.257 e. The minimum Gasteiger partial charge on any atom is -0.339 e. The molecule has 0 aromatic carbocycles. The predicted molar refractivity (Wildman–Crippen MR) is 89.7 cm³/mol. The lowest BCUT2D eigenvalue weighted by atomic mass is 10.1. The Morgan fingerprint density at radius 3 is 2.67 bits per heavy atom. The second-order valence-corrected chi connectivity index (χ2v) is 6.42. The zero-order valence-electron chi connectivity index (χ0n) is 14.5. The highest BCUT2D eigenvalue weighted by Crippen LogP contribution is 2.17. The number of carbonyl (C=O) groups is 2. The summed E-state index contributed by atoms with van der Waals surface area (Å²) in [6.07, 6.45) is 3.18. The zero-order chi connectivity index (χ0) is 17.1. The SMILES string of the molecule is CCN1CCN(C(=O)CN2CCCc3nc(C)ncc3C2=O)CC1. The van der Waals surface area contributed by atoms with Crippen LogP contribution in [-0.4, -0.2) is 82.3 Å². The molecule has 0 unspecified atom stereocenters. The van der Waals surface area contributed by atoms with Crippen LogP contribution in [0.5, 0.6) is 0 Å². The summed E-state index contributed by atoms with van der Waals surface area (Å²) >= 11 is 0. The summed E-state index contributed by atoms with van der Waals surface area (Å²) in [6.45, 7) is 9.02. The normalized spacial score (nSPS) is 19.2. The van der Waals surface area contributed by atoms with Gasteiger partial charge in [-0.1, -0.05) is 6.92 Å². The summed E-state index contributed by atoms with van der Waals surface area (Å²) < 4.78 is 0. The average molecular weight is 331 g/mol. The van der Waals surface area contributed by atoms with Gasteiger partial charge in [-0.3, -0.25) is 9.59 Å². The van der Waals surface area contributed by atoms with Gasteiger partial charge in [-0.25, -0.2) is 9.97 Å². The second-order valence-electron chi connectivity index (χ2n) is 6.42. The van der Waals surface area contributed by atoms with Crippen LogP contribution in [0.25, 0.3) is 0 Å².